The maximum absolute atomic E-state index is 13.0. The lowest BCUT2D eigenvalue weighted by Gasteiger charge is -2.15. The first kappa shape index (κ1) is 26.3. The summed E-state index contributed by atoms with van der Waals surface area (Å²) >= 11 is 8.73. The zero-order chi connectivity index (χ0) is 25.0. The van der Waals surface area contributed by atoms with Gasteiger partial charge in [0.15, 0.2) is 5.11 Å². The summed E-state index contributed by atoms with van der Waals surface area (Å²) in [4.78, 5) is 25.5. The van der Waals surface area contributed by atoms with Crippen LogP contribution in [0.4, 0.5) is 5.69 Å². The standard InChI is InChI=1S/C26H26BrN3O4S/c27-19-11-12-23(34-16-13-18-7-2-1-3-8-18)21(17-19)25(33)30-26(35)29-22-10-5-4-9-20(22)24(32)28-14-6-15-31/h1-5,7-12,17,31H,6,13-16H2,(H,28,32)(H2,29,30,33,35). The third-order valence-electron chi connectivity index (χ3n) is 4.94. The molecule has 0 bridgehead atoms. The molecule has 0 aliphatic rings. The highest BCUT2D eigenvalue weighted by Gasteiger charge is 2.17. The van der Waals surface area contributed by atoms with Gasteiger partial charge in [-0.25, -0.2) is 0 Å². The van der Waals surface area contributed by atoms with Crippen LogP contribution in [0, 0.1) is 0 Å². The van der Waals surface area contributed by atoms with Gasteiger partial charge >= 0.3 is 0 Å². The number of rotatable bonds is 10. The Labute approximate surface area is 218 Å². The number of amides is 2. The summed E-state index contributed by atoms with van der Waals surface area (Å²) in [5, 5.41) is 17.3. The molecule has 0 atom stereocenters. The molecule has 3 rings (SSSR count). The van der Waals surface area contributed by atoms with Crippen molar-refractivity contribution in [1.82, 2.24) is 10.6 Å². The molecule has 9 heteroatoms. The fourth-order valence-corrected chi connectivity index (χ4v) is 3.78. The molecule has 35 heavy (non-hydrogen) atoms. The molecular weight excluding hydrogens is 530 g/mol. The van der Waals surface area contributed by atoms with Gasteiger partial charge < -0.3 is 20.5 Å². The molecule has 0 aliphatic heterocycles. The molecule has 0 aliphatic carbocycles. The van der Waals surface area contributed by atoms with Crippen molar-refractivity contribution in [2.24, 2.45) is 0 Å². The normalized spacial score (nSPS) is 10.3. The van der Waals surface area contributed by atoms with Crippen LogP contribution in [-0.4, -0.2) is 41.8 Å². The SMILES string of the molecule is O=C(NCCCO)c1ccccc1NC(=S)NC(=O)c1cc(Br)ccc1OCCc1ccccc1. The van der Waals surface area contributed by atoms with Crippen molar-refractivity contribution in [3.63, 3.8) is 0 Å². The Morgan fingerprint density at radius 3 is 2.46 bits per heavy atom. The average molecular weight is 556 g/mol. The van der Waals surface area contributed by atoms with Crippen molar-refractivity contribution in [3.8, 4) is 5.75 Å². The Morgan fingerprint density at radius 1 is 0.943 bits per heavy atom. The number of aliphatic hydroxyl groups is 1. The van der Waals surface area contributed by atoms with Crippen LogP contribution in [0.3, 0.4) is 0 Å². The van der Waals surface area contributed by atoms with Gasteiger partial charge in [0.05, 0.1) is 23.4 Å². The van der Waals surface area contributed by atoms with Crippen LogP contribution in [-0.2, 0) is 6.42 Å². The quantitative estimate of drug-likeness (QED) is 0.220. The first-order valence-corrected chi connectivity index (χ1v) is 12.2. The minimum absolute atomic E-state index is 0.0101. The van der Waals surface area contributed by atoms with E-state index in [1.165, 1.54) is 0 Å². The van der Waals surface area contributed by atoms with Gasteiger partial charge in [0.1, 0.15) is 5.75 Å². The predicted molar refractivity (Wildman–Crippen MR) is 144 cm³/mol. The minimum atomic E-state index is -0.441. The smallest absolute Gasteiger partial charge is 0.261 e. The molecule has 0 fully saturated rings. The van der Waals surface area contributed by atoms with Gasteiger partial charge in [-0.1, -0.05) is 58.4 Å². The number of halogens is 1. The number of benzene rings is 3. The lowest BCUT2D eigenvalue weighted by atomic mass is 10.1. The Bertz CT molecular complexity index is 1170. The number of thiocarbonyl (C=S) groups is 1. The minimum Gasteiger partial charge on any atom is -0.492 e. The van der Waals surface area contributed by atoms with Gasteiger partial charge in [-0.3, -0.25) is 14.9 Å². The lowest BCUT2D eigenvalue weighted by molar-refractivity contribution is 0.0949. The molecular formula is C26H26BrN3O4S. The van der Waals surface area contributed by atoms with Crippen molar-refractivity contribution in [3.05, 3.63) is 94.0 Å². The van der Waals surface area contributed by atoms with E-state index < -0.39 is 5.91 Å². The average Bonchev–Trinajstić information content (AvgIpc) is 2.86. The second-order valence-corrected chi connectivity index (χ2v) is 8.84. The van der Waals surface area contributed by atoms with E-state index in [0.717, 1.165) is 10.0 Å². The van der Waals surface area contributed by atoms with Crippen LogP contribution in [0.5, 0.6) is 5.75 Å². The van der Waals surface area contributed by atoms with Crippen LogP contribution < -0.4 is 20.7 Å². The first-order valence-electron chi connectivity index (χ1n) is 11.0. The van der Waals surface area contributed by atoms with Crippen molar-refractivity contribution in [2.75, 3.05) is 25.1 Å². The molecule has 0 saturated heterocycles. The van der Waals surface area contributed by atoms with E-state index in [-0.39, 0.29) is 17.6 Å². The zero-order valence-electron chi connectivity index (χ0n) is 18.9. The van der Waals surface area contributed by atoms with Crippen molar-refractivity contribution >= 4 is 50.8 Å². The summed E-state index contributed by atoms with van der Waals surface area (Å²) in [5.41, 5.74) is 2.29. The van der Waals surface area contributed by atoms with Crippen LogP contribution in [0.15, 0.2) is 77.3 Å². The third-order valence-corrected chi connectivity index (χ3v) is 5.64. The Kier molecular flexibility index (Phi) is 10.2. The summed E-state index contributed by atoms with van der Waals surface area (Å²) in [7, 11) is 0. The van der Waals surface area contributed by atoms with Gasteiger partial charge in [-0.2, -0.15) is 0 Å². The fourth-order valence-electron chi connectivity index (χ4n) is 3.22. The van der Waals surface area contributed by atoms with Crippen molar-refractivity contribution in [2.45, 2.75) is 12.8 Å². The second-order valence-electron chi connectivity index (χ2n) is 7.51. The van der Waals surface area contributed by atoms with Crippen LogP contribution in [0.25, 0.3) is 0 Å². The fraction of sp³-hybridized carbons (Fsp3) is 0.192. The van der Waals surface area contributed by atoms with Gasteiger partial charge in [0, 0.05) is 24.0 Å². The Morgan fingerprint density at radius 2 is 1.69 bits per heavy atom. The number of anilines is 1. The van der Waals surface area contributed by atoms with Gasteiger partial charge in [-0.15, -0.1) is 0 Å². The third kappa shape index (κ3) is 8.17. The number of hydrogen-bond acceptors (Lipinski definition) is 5. The molecule has 0 aromatic heterocycles. The largest absolute Gasteiger partial charge is 0.492 e. The van der Waals surface area contributed by atoms with E-state index in [9.17, 15) is 9.59 Å². The highest BCUT2D eigenvalue weighted by Crippen LogP contribution is 2.24. The summed E-state index contributed by atoms with van der Waals surface area (Å²) < 4.78 is 6.62. The van der Waals surface area contributed by atoms with Crippen molar-refractivity contribution < 1.29 is 19.4 Å². The Balaban J connectivity index is 1.64. The topological polar surface area (TPSA) is 99.7 Å². The first-order chi connectivity index (χ1) is 17.0. The number of aliphatic hydroxyl groups excluding tert-OH is 1. The van der Waals surface area contributed by atoms with Crippen LogP contribution >= 0.6 is 28.1 Å². The number of ether oxygens (including phenoxy) is 1. The number of carbonyl (C=O) groups is 2. The highest BCUT2D eigenvalue weighted by molar-refractivity contribution is 9.10. The molecule has 0 unspecified atom stereocenters. The lowest BCUT2D eigenvalue weighted by Crippen LogP contribution is -2.35. The summed E-state index contributed by atoms with van der Waals surface area (Å²) in [6, 6.07) is 22.0. The summed E-state index contributed by atoms with van der Waals surface area (Å²) in [6.07, 6.45) is 1.16. The number of para-hydroxylation sites is 1. The second kappa shape index (κ2) is 13.6. The number of nitrogens with one attached hydrogen (secondary N) is 3. The van der Waals surface area contributed by atoms with E-state index in [1.807, 2.05) is 30.3 Å². The van der Waals surface area contributed by atoms with E-state index in [4.69, 9.17) is 22.1 Å². The van der Waals surface area contributed by atoms with Gasteiger partial charge in [0.25, 0.3) is 11.8 Å². The monoisotopic (exact) mass is 555 g/mol. The molecule has 0 radical (unpaired) electrons. The van der Waals surface area contributed by atoms with E-state index in [1.54, 1.807) is 42.5 Å². The zero-order valence-corrected chi connectivity index (χ0v) is 21.3. The number of carbonyl (C=O) groups excluding carboxylic acids is 2. The molecule has 7 nitrogen and oxygen atoms in total. The molecule has 0 saturated carbocycles. The van der Waals surface area contributed by atoms with E-state index in [2.05, 4.69) is 31.9 Å². The molecule has 0 spiro atoms. The summed E-state index contributed by atoms with van der Waals surface area (Å²) in [5.74, 6) is -0.312. The number of hydrogen-bond donors (Lipinski definition) is 4. The van der Waals surface area contributed by atoms with Gasteiger partial charge in [-0.05, 0) is 54.5 Å². The molecule has 2 amide bonds. The highest BCUT2D eigenvalue weighted by atomic mass is 79.9. The van der Waals surface area contributed by atoms with Crippen molar-refractivity contribution in [1.29, 1.82) is 0 Å². The van der Waals surface area contributed by atoms with Crippen LogP contribution in [0.2, 0.25) is 0 Å². The van der Waals surface area contributed by atoms with Crippen LogP contribution in [0.1, 0.15) is 32.7 Å². The molecule has 182 valence electrons. The van der Waals surface area contributed by atoms with Gasteiger partial charge in [0.2, 0.25) is 0 Å². The summed E-state index contributed by atoms with van der Waals surface area (Å²) in [6.45, 7) is 0.748. The Hall–Kier alpha value is -3.27. The molecule has 3 aromatic carbocycles. The van der Waals surface area contributed by atoms with E-state index >= 15 is 0 Å². The maximum Gasteiger partial charge on any atom is 0.261 e. The predicted octanol–water partition coefficient (Wildman–Crippen LogP) is 4.31. The molecule has 0 heterocycles. The maximum atomic E-state index is 13.0. The van der Waals surface area contributed by atoms with E-state index in [0.29, 0.717) is 48.6 Å². The molecule has 4 N–H and O–H groups in total. The molecule has 3 aromatic rings.